The van der Waals surface area contributed by atoms with E-state index < -0.39 is 0 Å². The van der Waals surface area contributed by atoms with Crippen LogP contribution in [0.2, 0.25) is 0 Å². The summed E-state index contributed by atoms with van der Waals surface area (Å²) < 4.78 is 1.25. The Labute approximate surface area is 97.8 Å². The molecule has 2 atom stereocenters. The van der Waals surface area contributed by atoms with Crippen LogP contribution in [0, 0.1) is 11.8 Å². The van der Waals surface area contributed by atoms with Gasteiger partial charge < -0.3 is 5.73 Å². The van der Waals surface area contributed by atoms with Gasteiger partial charge in [-0.15, -0.1) is 11.3 Å². The minimum absolute atomic E-state index is 0.774. The Hall–Kier alpha value is 0.140. The van der Waals surface area contributed by atoms with Crippen molar-refractivity contribution in [1.29, 1.82) is 0 Å². The third kappa shape index (κ3) is 2.38. The maximum atomic E-state index is 5.78. The highest BCUT2D eigenvalue weighted by Crippen LogP contribution is 2.35. The summed E-state index contributed by atoms with van der Waals surface area (Å²) in [4.78, 5) is 1.50. The maximum absolute atomic E-state index is 5.78. The summed E-state index contributed by atoms with van der Waals surface area (Å²) in [5.41, 5.74) is 5.78. The molecule has 1 aliphatic rings. The van der Waals surface area contributed by atoms with E-state index in [1.54, 1.807) is 0 Å². The third-order valence-corrected chi connectivity index (χ3v) is 4.86. The second kappa shape index (κ2) is 4.77. The molecule has 1 fully saturated rings. The molecule has 2 N–H and O–H groups in total. The van der Waals surface area contributed by atoms with Crippen molar-refractivity contribution in [2.45, 2.75) is 25.7 Å². The zero-order valence-corrected chi connectivity index (χ0v) is 10.6. The SMILES string of the molecule is NCC1CCCC1Cc1ccc(Br)s1. The lowest BCUT2D eigenvalue weighted by Gasteiger charge is -2.16. The van der Waals surface area contributed by atoms with Gasteiger partial charge >= 0.3 is 0 Å². The van der Waals surface area contributed by atoms with Crippen LogP contribution in [0.1, 0.15) is 24.1 Å². The predicted octanol–water partition coefficient (Wildman–Crippen LogP) is 3.43. The standard InChI is InChI=1S/C11H16BrNS/c12-11-5-4-10(14-11)6-8-2-1-3-9(8)7-13/h4-5,8-9H,1-3,6-7,13H2. The molecule has 0 aromatic carbocycles. The zero-order valence-electron chi connectivity index (χ0n) is 8.21. The van der Waals surface area contributed by atoms with Gasteiger partial charge in [0.15, 0.2) is 0 Å². The lowest BCUT2D eigenvalue weighted by molar-refractivity contribution is 0.396. The zero-order chi connectivity index (χ0) is 9.97. The first-order valence-corrected chi connectivity index (χ1v) is 6.85. The number of thiophene rings is 1. The van der Waals surface area contributed by atoms with Crippen molar-refractivity contribution >= 4 is 27.3 Å². The maximum Gasteiger partial charge on any atom is 0.0701 e. The smallest absolute Gasteiger partial charge is 0.0701 e. The Morgan fingerprint density at radius 1 is 1.36 bits per heavy atom. The van der Waals surface area contributed by atoms with Gasteiger partial charge in [-0.2, -0.15) is 0 Å². The Balaban J connectivity index is 1.96. The quantitative estimate of drug-likeness (QED) is 0.897. The molecule has 1 aromatic heterocycles. The molecule has 78 valence electrons. The Kier molecular flexibility index (Phi) is 3.63. The normalized spacial score (nSPS) is 27.0. The molecule has 0 aliphatic heterocycles. The fraction of sp³-hybridized carbons (Fsp3) is 0.636. The summed E-state index contributed by atoms with van der Waals surface area (Å²) >= 11 is 5.37. The van der Waals surface area contributed by atoms with Crippen LogP contribution >= 0.6 is 27.3 Å². The van der Waals surface area contributed by atoms with Crippen LogP contribution in [-0.2, 0) is 6.42 Å². The molecule has 0 bridgehead atoms. The molecule has 2 rings (SSSR count). The van der Waals surface area contributed by atoms with Crippen LogP contribution in [0.5, 0.6) is 0 Å². The fourth-order valence-corrected chi connectivity index (χ4v) is 3.99. The number of rotatable bonds is 3. The molecule has 1 saturated carbocycles. The van der Waals surface area contributed by atoms with Gasteiger partial charge in [0.25, 0.3) is 0 Å². The highest BCUT2D eigenvalue weighted by molar-refractivity contribution is 9.11. The Morgan fingerprint density at radius 3 is 2.79 bits per heavy atom. The topological polar surface area (TPSA) is 26.0 Å². The van der Waals surface area contributed by atoms with E-state index in [2.05, 4.69) is 28.1 Å². The number of hydrogen-bond donors (Lipinski definition) is 1. The van der Waals surface area contributed by atoms with Crippen molar-refractivity contribution in [3.8, 4) is 0 Å². The van der Waals surface area contributed by atoms with E-state index in [0.29, 0.717) is 0 Å². The van der Waals surface area contributed by atoms with E-state index >= 15 is 0 Å². The summed E-state index contributed by atoms with van der Waals surface area (Å²) in [6, 6.07) is 4.38. The van der Waals surface area contributed by atoms with Crippen molar-refractivity contribution in [3.05, 3.63) is 20.8 Å². The summed E-state index contributed by atoms with van der Waals surface area (Å²) in [5.74, 6) is 1.61. The molecule has 1 heterocycles. The molecule has 1 nitrogen and oxygen atoms in total. The van der Waals surface area contributed by atoms with Crippen LogP contribution in [-0.4, -0.2) is 6.54 Å². The molecule has 0 radical (unpaired) electrons. The second-order valence-electron chi connectivity index (χ2n) is 4.10. The van der Waals surface area contributed by atoms with E-state index in [9.17, 15) is 0 Å². The van der Waals surface area contributed by atoms with Crippen LogP contribution in [0.15, 0.2) is 15.9 Å². The molecular formula is C11H16BrNS. The highest BCUT2D eigenvalue weighted by atomic mass is 79.9. The van der Waals surface area contributed by atoms with Gasteiger partial charge in [0.1, 0.15) is 0 Å². The van der Waals surface area contributed by atoms with Gasteiger partial charge in [0, 0.05) is 4.88 Å². The van der Waals surface area contributed by atoms with Crippen molar-refractivity contribution in [2.75, 3.05) is 6.54 Å². The van der Waals surface area contributed by atoms with Crippen molar-refractivity contribution in [3.63, 3.8) is 0 Å². The van der Waals surface area contributed by atoms with Crippen LogP contribution in [0.4, 0.5) is 0 Å². The van der Waals surface area contributed by atoms with Gasteiger partial charge in [-0.25, -0.2) is 0 Å². The molecule has 1 aliphatic carbocycles. The fourth-order valence-electron chi connectivity index (χ4n) is 2.41. The van der Waals surface area contributed by atoms with Gasteiger partial charge in [-0.1, -0.05) is 6.42 Å². The molecule has 14 heavy (non-hydrogen) atoms. The van der Waals surface area contributed by atoms with Crippen LogP contribution in [0.3, 0.4) is 0 Å². The minimum atomic E-state index is 0.774. The molecule has 0 amide bonds. The van der Waals surface area contributed by atoms with Crippen molar-refractivity contribution in [2.24, 2.45) is 17.6 Å². The van der Waals surface area contributed by atoms with E-state index in [1.807, 2.05) is 11.3 Å². The Morgan fingerprint density at radius 2 is 2.14 bits per heavy atom. The summed E-state index contributed by atoms with van der Waals surface area (Å²) in [5, 5.41) is 0. The van der Waals surface area contributed by atoms with E-state index in [0.717, 1.165) is 18.4 Å². The van der Waals surface area contributed by atoms with E-state index in [-0.39, 0.29) is 0 Å². The lowest BCUT2D eigenvalue weighted by Crippen LogP contribution is -2.19. The largest absolute Gasteiger partial charge is 0.330 e. The van der Waals surface area contributed by atoms with Crippen LogP contribution in [0.25, 0.3) is 0 Å². The lowest BCUT2D eigenvalue weighted by atomic mass is 9.92. The second-order valence-corrected chi connectivity index (χ2v) is 6.64. The predicted molar refractivity (Wildman–Crippen MR) is 65.6 cm³/mol. The monoisotopic (exact) mass is 273 g/mol. The molecule has 0 spiro atoms. The van der Waals surface area contributed by atoms with Gasteiger partial charge in [-0.3, -0.25) is 0 Å². The first-order valence-electron chi connectivity index (χ1n) is 5.24. The first-order chi connectivity index (χ1) is 6.79. The average molecular weight is 274 g/mol. The number of nitrogens with two attached hydrogens (primary N) is 1. The summed E-state index contributed by atoms with van der Waals surface area (Å²) in [7, 11) is 0. The minimum Gasteiger partial charge on any atom is -0.330 e. The van der Waals surface area contributed by atoms with Crippen molar-refractivity contribution in [1.82, 2.24) is 0 Å². The van der Waals surface area contributed by atoms with Gasteiger partial charge in [-0.05, 0) is 65.7 Å². The molecule has 0 saturated heterocycles. The van der Waals surface area contributed by atoms with Crippen LogP contribution < -0.4 is 5.73 Å². The molecule has 2 unspecified atom stereocenters. The molecule has 3 heteroatoms. The highest BCUT2D eigenvalue weighted by Gasteiger charge is 2.26. The van der Waals surface area contributed by atoms with E-state index in [1.165, 1.54) is 34.3 Å². The van der Waals surface area contributed by atoms with E-state index in [4.69, 9.17) is 5.73 Å². The molecule has 1 aromatic rings. The summed E-state index contributed by atoms with van der Waals surface area (Å²) in [6.07, 6.45) is 5.32. The molecular weight excluding hydrogens is 258 g/mol. The number of hydrogen-bond acceptors (Lipinski definition) is 2. The Bertz CT molecular complexity index is 297. The summed E-state index contributed by atoms with van der Waals surface area (Å²) in [6.45, 7) is 0.872. The third-order valence-electron chi connectivity index (χ3n) is 3.21. The van der Waals surface area contributed by atoms with Gasteiger partial charge in [0.05, 0.1) is 3.79 Å². The van der Waals surface area contributed by atoms with Crippen molar-refractivity contribution < 1.29 is 0 Å². The number of halogens is 1. The van der Waals surface area contributed by atoms with Gasteiger partial charge in [0.2, 0.25) is 0 Å². The average Bonchev–Trinajstić information content (AvgIpc) is 2.76. The first kappa shape index (κ1) is 10.7.